The Bertz CT molecular complexity index is 619. The second-order valence-electron chi connectivity index (χ2n) is 4.57. The van der Waals surface area contributed by atoms with Crippen LogP contribution in [0.1, 0.15) is 40.7 Å². The summed E-state index contributed by atoms with van der Waals surface area (Å²) in [6.07, 6.45) is 4.08. The summed E-state index contributed by atoms with van der Waals surface area (Å²) in [6, 6.07) is 1.94. The molecule has 0 saturated heterocycles. The maximum atomic E-state index is 12.5. The molecule has 2 rings (SSSR count). The number of rotatable bonds is 4. The first-order chi connectivity index (χ1) is 9.04. The van der Waals surface area contributed by atoms with Gasteiger partial charge < -0.3 is 0 Å². The normalized spacial score (nSPS) is 10.7. The van der Waals surface area contributed by atoms with Gasteiger partial charge in [-0.1, -0.05) is 24.6 Å². The standard InChI is InChI=1S/C14H16ClN3O/c1-4-5-18-13(11(15)8-17-18)14(19)12-10(3)6-9(2)7-16-12/h6-8H,4-5H2,1-3H3. The summed E-state index contributed by atoms with van der Waals surface area (Å²) in [5.41, 5.74) is 2.74. The molecule has 0 radical (unpaired) electrons. The number of pyridine rings is 1. The van der Waals surface area contributed by atoms with Crippen LogP contribution in [0.4, 0.5) is 0 Å². The van der Waals surface area contributed by atoms with Gasteiger partial charge in [-0.3, -0.25) is 14.5 Å². The van der Waals surface area contributed by atoms with Crippen LogP contribution in [-0.4, -0.2) is 20.5 Å². The lowest BCUT2D eigenvalue weighted by molar-refractivity contribution is 0.102. The monoisotopic (exact) mass is 277 g/mol. The van der Waals surface area contributed by atoms with Gasteiger partial charge in [0.2, 0.25) is 5.78 Å². The molecule has 0 unspecified atom stereocenters. The molecule has 19 heavy (non-hydrogen) atoms. The quantitative estimate of drug-likeness (QED) is 0.807. The van der Waals surface area contributed by atoms with E-state index in [4.69, 9.17) is 11.6 Å². The number of ketones is 1. The Morgan fingerprint density at radius 2 is 2.11 bits per heavy atom. The van der Waals surface area contributed by atoms with Crippen LogP contribution in [0.3, 0.4) is 0 Å². The second kappa shape index (κ2) is 5.53. The van der Waals surface area contributed by atoms with Gasteiger partial charge in [0.1, 0.15) is 11.4 Å². The lowest BCUT2D eigenvalue weighted by Gasteiger charge is -2.08. The number of aryl methyl sites for hydroxylation is 3. The average Bonchev–Trinajstić information content (AvgIpc) is 2.70. The SMILES string of the molecule is CCCn1ncc(Cl)c1C(=O)c1ncc(C)cc1C. The van der Waals surface area contributed by atoms with Crippen LogP contribution in [0.5, 0.6) is 0 Å². The Kier molecular flexibility index (Phi) is 4.00. The topological polar surface area (TPSA) is 47.8 Å². The molecule has 0 aromatic carbocycles. The third-order valence-corrected chi connectivity index (χ3v) is 3.15. The Morgan fingerprint density at radius 3 is 2.74 bits per heavy atom. The highest BCUT2D eigenvalue weighted by molar-refractivity contribution is 6.34. The highest BCUT2D eigenvalue weighted by Crippen LogP contribution is 2.20. The molecule has 0 atom stereocenters. The lowest BCUT2D eigenvalue weighted by Crippen LogP contribution is -2.14. The smallest absolute Gasteiger partial charge is 0.231 e. The number of hydrogen-bond donors (Lipinski definition) is 0. The zero-order valence-corrected chi connectivity index (χ0v) is 12.0. The molecule has 100 valence electrons. The molecule has 0 aliphatic carbocycles. The van der Waals surface area contributed by atoms with Crippen molar-refractivity contribution in [3.63, 3.8) is 0 Å². The minimum absolute atomic E-state index is 0.173. The van der Waals surface area contributed by atoms with Crippen molar-refractivity contribution in [2.45, 2.75) is 33.7 Å². The molecular formula is C14H16ClN3O. The van der Waals surface area contributed by atoms with Gasteiger partial charge in [0.25, 0.3) is 0 Å². The van der Waals surface area contributed by atoms with E-state index in [1.54, 1.807) is 10.9 Å². The third-order valence-electron chi connectivity index (χ3n) is 2.88. The average molecular weight is 278 g/mol. The van der Waals surface area contributed by atoms with E-state index in [1.165, 1.54) is 6.20 Å². The van der Waals surface area contributed by atoms with E-state index in [-0.39, 0.29) is 5.78 Å². The van der Waals surface area contributed by atoms with Crippen molar-refractivity contribution < 1.29 is 4.79 Å². The predicted molar refractivity (Wildman–Crippen MR) is 74.7 cm³/mol. The number of carbonyl (C=O) groups is 1. The number of aromatic nitrogens is 3. The van der Waals surface area contributed by atoms with Crippen LogP contribution in [0.25, 0.3) is 0 Å². The van der Waals surface area contributed by atoms with Crippen LogP contribution in [0.15, 0.2) is 18.5 Å². The second-order valence-corrected chi connectivity index (χ2v) is 4.98. The van der Waals surface area contributed by atoms with Gasteiger partial charge in [-0.15, -0.1) is 0 Å². The van der Waals surface area contributed by atoms with Gasteiger partial charge in [0, 0.05) is 12.7 Å². The van der Waals surface area contributed by atoms with Crippen LogP contribution in [0, 0.1) is 13.8 Å². The van der Waals surface area contributed by atoms with E-state index >= 15 is 0 Å². The molecular weight excluding hydrogens is 262 g/mol. The van der Waals surface area contributed by atoms with Crippen molar-refractivity contribution in [1.29, 1.82) is 0 Å². The third kappa shape index (κ3) is 2.68. The van der Waals surface area contributed by atoms with Crippen LogP contribution in [-0.2, 0) is 6.54 Å². The fourth-order valence-corrected chi connectivity index (χ4v) is 2.26. The molecule has 0 bridgehead atoms. The van der Waals surface area contributed by atoms with Gasteiger partial charge in [0.15, 0.2) is 0 Å². The van der Waals surface area contributed by atoms with E-state index in [9.17, 15) is 4.79 Å². The largest absolute Gasteiger partial charge is 0.285 e. The Morgan fingerprint density at radius 1 is 1.37 bits per heavy atom. The van der Waals surface area contributed by atoms with Crippen molar-refractivity contribution >= 4 is 17.4 Å². The first-order valence-corrected chi connectivity index (χ1v) is 6.61. The van der Waals surface area contributed by atoms with E-state index in [2.05, 4.69) is 10.1 Å². The Balaban J connectivity index is 2.46. The van der Waals surface area contributed by atoms with Crippen LogP contribution < -0.4 is 0 Å². The van der Waals surface area contributed by atoms with E-state index in [0.717, 1.165) is 17.5 Å². The Labute approximate surface area is 117 Å². The molecule has 2 aromatic heterocycles. The summed E-state index contributed by atoms with van der Waals surface area (Å²) >= 11 is 6.08. The highest BCUT2D eigenvalue weighted by Gasteiger charge is 2.21. The molecule has 5 heteroatoms. The summed E-state index contributed by atoms with van der Waals surface area (Å²) in [4.78, 5) is 16.8. The lowest BCUT2D eigenvalue weighted by atomic mass is 10.1. The van der Waals surface area contributed by atoms with Crippen molar-refractivity contribution in [2.75, 3.05) is 0 Å². The zero-order valence-electron chi connectivity index (χ0n) is 11.3. The van der Waals surface area contributed by atoms with Crippen molar-refractivity contribution in [3.05, 3.63) is 46.0 Å². The van der Waals surface area contributed by atoms with Gasteiger partial charge in [0.05, 0.1) is 11.2 Å². The summed E-state index contributed by atoms with van der Waals surface area (Å²) in [7, 11) is 0. The number of carbonyl (C=O) groups excluding carboxylic acids is 1. The van der Waals surface area contributed by atoms with E-state index < -0.39 is 0 Å². The highest BCUT2D eigenvalue weighted by atomic mass is 35.5. The van der Waals surface area contributed by atoms with Crippen LogP contribution in [0.2, 0.25) is 5.02 Å². The molecule has 2 heterocycles. The summed E-state index contributed by atoms with van der Waals surface area (Å²) in [5.74, 6) is -0.173. The molecule has 0 saturated carbocycles. The maximum Gasteiger partial charge on any atom is 0.231 e. The van der Waals surface area contributed by atoms with Gasteiger partial charge in [-0.25, -0.2) is 0 Å². The van der Waals surface area contributed by atoms with Crippen LogP contribution >= 0.6 is 11.6 Å². The molecule has 0 spiro atoms. The van der Waals surface area contributed by atoms with Gasteiger partial charge >= 0.3 is 0 Å². The molecule has 0 fully saturated rings. The van der Waals surface area contributed by atoms with E-state index in [0.29, 0.717) is 23.0 Å². The minimum atomic E-state index is -0.173. The number of nitrogens with zero attached hydrogens (tertiary/aromatic N) is 3. The first-order valence-electron chi connectivity index (χ1n) is 6.23. The molecule has 4 nitrogen and oxygen atoms in total. The number of hydrogen-bond acceptors (Lipinski definition) is 3. The molecule has 0 aliphatic heterocycles. The number of halogens is 1. The summed E-state index contributed by atoms with van der Waals surface area (Å²) in [6.45, 7) is 6.52. The maximum absolute atomic E-state index is 12.5. The fourth-order valence-electron chi connectivity index (χ4n) is 2.03. The van der Waals surface area contributed by atoms with Gasteiger partial charge in [-0.05, 0) is 31.4 Å². The van der Waals surface area contributed by atoms with E-state index in [1.807, 2.05) is 26.8 Å². The van der Waals surface area contributed by atoms with Crippen molar-refractivity contribution in [2.24, 2.45) is 0 Å². The van der Waals surface area contributed by atoms with Crippen molar-refractivity contribution in [1.82, 2.24) is 14.8 Å². The van der Waals surface area contributed by atoms with Gasteiger partial charge in [-0.2, -0.15) is 5.10 Å². The summed E-state index contributed by atoms with van der Waals surface area (Å²) in [5, 5.41) is 4.51. The zero-order chi connectivity index (χ0) is 14.0. The summed E-state index contributed by atoms with van der Waals surface area (Å²) < 4.78 is 1.64. The predicted octanol–water partition coefficient (Wildman–Crippen LogP) is 3.19. The molecule has 0 aliphatic rings. The Hall–Kier alpha value is -1.68. The molecule has 0 N–H and O–H groups in total. The fraction of sp³-hybridized carbons (Fsp3) is 0.357. The van der Waals surface area contributed by atoms with Crippen molar-refractivity contribution in [3.8, 4) is 0 Å². The molecule has 2 aromatic rings. The minimum Gasteiger partial charge on any atom is -0.285 e. The molecule has 0 amide bonds. The first kappa shape index (κ1) is 13.7.